The van der Waals surface area contributed by atoms with E-state index in [4.69, 9.17) is 9.47 Å². The molecule has 138 valence electrons. The van der Waals surface area contributed by atoms with Crippen LogP contribution in [0.1, 0.15) is 50.9 Å². The molecule has 1 amide bonds. The number of carbonyl (C=O) groups is 3. The molecule has 1 N–H and O–H groups in total. The maximum absolute atomic E-state index is 12.0. The van der Waals surface area contributed by atoms with Gasteiger partial charge in [-0.25, -0.2) is 0 Å². The molecule has 6 nitrogen and oxygen atoms in total. The third kappa shape index (κ3) is 7.83. The van der Waals surface area contributed by atoms with Gasteiger partial charge in [0.25, 0.3) is 5.91 Å². The van der Waals surface area contributed by atoms with Gasteiger partial charge >= 0.3 is 5.97 Å². The van der Waals surface area contributed by atoms with Gasteiger partial charge in [-0.2, -0.15) is 0 Å². The molecule has 0 radical (unpaired) electrons. The monoisotopic (exact) mass is 349 g/mol. The number of Topliss-reactive ketones (excluding diaryl/α,β-unsaturated/α-hetero) is 1. The van der Waals surface area contributed by atoms with Crippen LogP contribution in [0.2, 0.25) is 0 Å². The number of unbranched alkanes of at least 4 members (excludes halogenated alkanes) is 1. The van der Waals surface area contributed by atoms with E-state index in [9.17, 15) is 14.4 Å². The van der Waals surface area contributed by atoms with Crippen LogP contribution in [-0.4, -0.2) is 37.4 Å². The first kappa shape index (κ1) is 20.7. The summed E-state index contributed by atoms with van der Waals surface area (Å²) in [6, 6.07) is 6.69. The molecule has 0 aliphatic carbocycles. The van der Waals surface area contributed by atoms with Crippen molar-refractivity contribution < 1.29 is 23.9 Å². The van der Waals surface area contributed by atoms with Crippen LogP contribution in [0.5, 0.6) is 5.75 Å². The molecular weight excluding hydrogens is 322 g/mol. The summed E-state index contributed by atoms with van der Waals surface area (Å²) in [5, 5.41) is 2.47. The molecule has 25 heavy (non-hydrogen) atoms. The highest BCUT2D eigenvalue weighted by molar-refractivity contribution is 5.96. The van der Waals surface area contributed by atoms with Gasteiger partial charge in [-0.15, -0.1) is 0 Å². The van der Waals surface area contributed by atoms with Gasteiger partial charge in [-0.3, -0.25) is 14.4 Å². The Balaban J connectivity index is 2.38. The van der Waals surface area contributed by atoms with Gasteiger partial charge in [-0.1, -0.05) is 34.1 Å². The molecule has 0 saturated heterocycles. The highest BCUT2D eigenvalue weighted by Gasteiger charge is 2.22. The maximum atomic E-state index is 12.0. The van der Waals surface area contributed by atoms with Crippen LogP contribution in [0.4, 0.5) is 0 Å². The lowest BCUT2D eigenvalue weighted by Gasteiger charge is -2.16. The second-order valence-corrected chi connectivity index (χ2v) is 6.74. The largest absolute Gasteiger partial charge is 0.494 e. The van der Waals surface area contributed by atoms with E-state index in [1.807, 2.05) is 0 Å². The van der Waals surface area contributed by atoms with E-state index in [-0.39, 0.29) is 24.8 Å². The number of rotatable bonds is 9. The number of esters is 1. The van der Waals surface area contributed by atoms with Crippen molar-refractivity contribution in [3.63, 3.8) is 0 Å². The highest BCUT2D eigenvalue weighted by Crippen LogP contribution is 2.14. The second kappa shape index (κ2) is 9.81. The van der Waals surface area contributed by atoms with E-state index in [0.717, 1.165) is 12.8 Å². The van der Waals surface area contributed by atoms with Crippen LogP contribution in [0, 0.1) is 5.41 Å². The number of carbonyl (C=O) groups excluding carboxylic acids is 3. The molecule has 0 heterocycles. The zero-order chi connectivity index (χ0) is 18.9. The van der Waals surface area contributed by atoms with Crippen molar-refractivity contribution in [2.24, 2.45) is 5.41 Å². The molecule has 1 aromatic carbocycles. The molecule has 0 saturated carbocycles. The predicted molar refractivity (Wildman–Crippen MR) is 94.6 cm³/mol. The van der Waals surface area contributed by atoms with E-state index in [2.05, 4.69) is 12.2 Å². The van der Waals surface area contributed by atoms with E-state index >= 15 is 0 Å². The number of nitrogens with one attached hydrogen (secondary N) is 1. The molecule has 1 aromatic rings. The fourth-order valence-corrected chi connectivity index (χ4v) is 1.70. The smallest absolute Gasteiger partial charge is 0.325 e. The van der Waals surface area contributed by atoms with Gasteiger partial charge < -0.3 is 14.8 Å². The van der Waals surface area contributed by atoms with E-state index < -0.39 is 11.4 Å². The minimum atomic E-state index is -0.648. The summed E-state index contributed by atoms with van der Waals surface area (Å²) in [6.45, 7) is 7.40. The Morgan fingerprint density at radius 3 is 2.28 bits per heavy atom. The lowest BCUT2D eigenvalue weighted by molar-refractivity contribution is -0.149. The summed E-state index contributed by atoms with van der Waals surface area (Å²) in [5.41, 5.74) is -0.147. The van der Waals surface area contributed by atoms with Crippen molar-refractivity contribution in [3.8, 4) is 5.75 Å². The molecule has 0 aliphatic rings. The molecule has 6 heteroatoms. The van der Waals surface area contributed by atoms with Gasteiger partial charge in [0.05, 0.1) is 6.61 Å². The Morgan fingerprint density at radius 1 is 1.08 bits per heavy atom. The summed E-state index contributed by atoms with van der Waals surface area (Å²) in [7, 11) is 0. The zero-order valence-corrected chi connectivity index (χ0v) is 15.4. The second-order valence-electron chi connectivity index (χ2n) is 6.74. The number of hydrogen-bond donors (Lipinski definition) is 1. The van der Waals surface area contributed by atoms with Gasteiger partial charge in [0, 0.05) is 11.0 Å². The average Bonchev–Trinajstić information content (AvgIpc) is 2.57. The summed E-state index contributed by atoms with van der Waals surface area (Å²) in [5.74, 6) is -0.513. The van der Waals surface area contributed by atoms with Gasteiger partial charge in [-0.05, 0) is 30.7 Å². The highest BCUT2D eigenvalue weighted by atomic mass is 16.5. The zero-order valence-electron chi connectivity index (χ0n) is 15.4. The Labute approximate surface area is 148 Å². The molecule has 0 aliphatic heterocycles. The first-order valence-corrected chi connectivity index (χ1v) is 8.44. The summed E-state index contributed by atoms with van der Waals surface area (Å²) >= 11 is 0. The van der Waals surface area contributed by atoms with Crippen LogP contribution in [0.15, 0.2) is 24.3 Å². The molecule has 1 rings (SSSR count). The Hall–Kier alpha value is -2.37. The van der Waals surface area contributed by atoms with Gasteiger partial charge in [0.1, 0.15) is 12.3 Å². The standard InChI is InChI=1S/C19H27NO5/c1-5-6-11-24-15-9-7-14(8-10-15)18(23)20-12-17(22)25-13-16(21)19(2,3)4/h7-10H,5-6,11-13H2,1-4H3,(H,20,23). The maximum Gasteiger partial charge on any atom is 0.325 e. The quantitative estimate of drug-likeness (QED) is 0.547. The molecule has 0 atom stereocenters. The lowest BCUT2D eigenvalue weighted by atomic mass is 9.91. The first-order chi connectivity index (χ1) is 11.7. The Morgan fingerprint density at radius 2 is 1.72 bits per heavy atom. The minimum absolute atomic E-state index is 0.175. The Bertz CT molecular complexity index is 587. The summed E-state index contributed by atoms with van der Waals surface area (Å²) in [4.78, 5) is 35.3. The number of benzene rings is 1. The molecule has 0 unspecified atom stereocenters. The number of hydrogen-bond acceptors (Lipinski definition) is 5. The van der Waals surface area contributed by atoms with Crippen molar-refractivity contribution in [2.45, 2.75) is 40.5 Å². The fourth-order valence-electron chi connectivity index (χ4n) is 1.70. The fraction of sp³-hybridized carbons (Fsp3) is 0.526. The van der Waals surface area contributed by atoms with Crippen LogP contribution >= 0.6 is 0 Å². The van der Waals surface area contributed by atoms with Crippen LogP contribution in [0.3, 0.4) is 0 Å². The van der Waals surface area contributed by atoms with E-state index in [1.165, 1.54) is 0 Å². The lowest BCUT2D eigenvalue weighted by Crippen LogP contribution is -2.33. The average molecular weight is 349 g/mol. The number of amides is 1. The topological polar surface area (TPSA) is 81.7 Å². The number of ether oxygens (including phenoxy) is 2. The van der Waals surface area contributed by atoms with Gasteiger partial charge in [0.15, 0.2) is 12.4 Å². The molecule has 0 aromatic heterocycles. The van der Waals surface area contributed by atoms with Crippen LogP contribution in [0.25, 0.3) is 0 Å². The van der Waals surface area contributed by atoms with Crippen molar-refractivity contribution in [1.29, 1.82) is 0 Å². The SMILES string of the molecule is CCCCOc1ccc(C(=O)NCC(=O)OCC(=O)C(C)(C)C)cc1. The molecule has 0 spiro atoms. The summed E-state index contributed by atoms with van der Waals surface area (Å²) in [6.07, 6.45) is 2.03. The first-order valence-electron chi connectivity index (χ1n) is 8.44. The molecular formula is C19H27NO5. The third-order valence-corrected chi connectivity index (χ3v) is 3.48. The van der Waals surface area contributed by atoms with Crippen molar-refractivity contribution >= 4 is 17.7 Å². The van der Waals surface area contributed by atoms with Crippen molar-refractivity contribution in [1.82, 2.24) is 5.32 Å². The van der Waals surface area contributed by atoms with Gasteiger partial charge in [0.2, 0.25) is 0 Å². The van der Waals surface area contributed by atoms with Crippen molar-refractivity contribution in [2.75, 3.05) is 19.8 Å². The van der Waals surface area contributed by atoms with E-state index in [1.54, 1.807) is 45.0 Å². The minimum Gasteiger partial charge on any atom is -0.494 e. The molecule has 0 bridgehead atoms. The normalized spacial score (nSPS) is 10.9. The Kier molecular flexibility index (Phi) is 8.11. The van der Waals surface area contributed by atoms with Crippen LogP contribution < -0.4 is 10.1 Å². The van der Waals surface area contributed by atoms with E-state index in [0.29, 0.717) is 17.9 Å². The third-order valence-electron chi connectivity index (χ3n) is 3.48. The summed E-state index contributed by atoms with van der Waals surface area (Å²) < 4.78 is 10.4. The predicted octanol–water partition coefficient (Wildman–Crippen LogP) is 2.75. The number of ketones is 1. The molecule has 0 fully saturated rings. The van der Waals surface area contributed by atoms with Crippen molar-refractivity contribution in [3.05, 3.63) is 29.8 Å². The van der Waals surface area contributed by atoms with Crippen LogP contribution in [-0.2, 0) is 14.3 Å².